The molecule has 0 unspecified atom stereocenters. The van der Waals surface area contributed by atoms with Crippen LogP contribution in [0.5, 0.6) is 0 Å². The van der Waals surface area contributed by atoms with Gasteiger partial charge in [-0.2, -0.15) is 4.31 Å². The number of carbonyl (C=O) groups excluding carboxylic acids is 1. The lowest BCUT2D eigenvalue weighted by Gasteiger charge is -2.20. The van der Waals surface area contributed by atoms with Crippen molar-refractivity contribution < 1.29 is 17.7 Å². The Balaban J connectivity index is 1.77. The smallest absolute Gasteiger partial charge is 0.220 e. The fourth-order valence-electron chi connectivity index (χ4n) is 2.79. The number of benzene rings is 1. The molecule has 0 radical (unpaired) electrons. The third-order valence-electron chi connectivity index (χ3n) is 4.06. The van der Waals surface area contributed by atoms with Crippen molar-refractivity contribution in [3.8, 4) is 0 Å². The summed E-state index contributed by atoms with van der Waals surface area (Å²) in [5, 5.41) is 4.62. The van der Waals surface area contributed by atoms with Crippen molar-refractivity contribution in [2.24, 2.45) is 0 Å². The number of hydrogen-bond acceptors (Lipinski definition) is 5. The Bertz CT molecular complexity index is 815. The van der Waals surface area contributed by atoms with Crippen LogP contribution in [0.4, 0.5) is 0 Å². The summed E-state index contributed by atoms with van der Waals surface area (Å²) in [5.41, 5.74) is 1.00. The number of hydrogen-bond donors (Lipinski definition) is 0. The van der Waals surface area contributed by atoms with E-state index in [1.165, 1.54) is 11.2 Å². The Morgan fingerprint density at radius 2 is 2.00 bits per heavy atom. The van der Waals surface area contributed by atoms with Crippen molar-refractivity contribution in [3.63, 3.8) is 0 Å². The highest BCUT2D eigenvalue weighted by molar-refractivity contribution is 7.88. The van der Waals surface area contributed by atoms with Gasteiger partial charge in [0.05, 0.1) is 0 Å². The largest absolute Gasteiger partial charge is 0.356 e. The van der Waals surface area contributed by atoms with Crippen molar-refractivity contribution in [3.05, 3.63) is 30.0 Å². The lowest BCUT2D eigenvalue weighted by atomic mass is 10.2. The molecule has 0 aliphatic carbocycles. The molecule has 1 aromatic carbocycles. The van der Waals surface area contributed by atoms with E-state index in [0.29, 0.717) is 43.9 Å². The third-order valence-corrected chi connectivity index (χ3v) is 5.86. The highest BCUT2D eigenvalue weighted by Crippen LogP contribution is 2.21. The molecule has 7 nitrogen and oxygen atoms in total. The second-order valence-corrected chi connectivity index (χ2v) is 7.61. The molecule has 8 heteroatoms. The van der Waals surface area contributed by atoms with Gasteiger partial charge in [-0.3, -0.25) is 4.79 Å². The SMILES string of the molecule is CC(=O)N1CCCN(S(=O)(=O)Cc2noc3ccccc23)CC1. The van der Waals surface area contributed by atoms with Gasteiger partial charge in [-0.1, -0.05) is 17.3 Å². The first-order valence-electron chi connectivity index (χ1n) is 7.54. The number of nitrogens with zero attached hydrogens (tertiary/aromatic N) is 3. The molecular formula is C15H19N3O4S. The van der Waals surface area contributed by atoms with E-state index in [-0.39, 0.29) is 11.7 Å². The minimum absolute atomic E-state index is 0.0215. The van der Waals surface area contributed by atoms with Gasteiger partial charge in [0.25, 0.3) is 0 Å². The molecule has 1 aliphatic rings. The second-order valence-electron chi connectivity index (χ2n) is 5.64. The standard InChI is InChI=1S/C15H19N3O4S/c1-12(19)17-7-4-8-18(10-9-17)23(20,21)11-14-13-5-2-3-6-15(13)22-16-14/h2-3,5-6H,4,7-11H2,1H3. The van der Waals surface area contributed by atoms with Crippen molar-refractivity contribution in [2.75, 3.05) is 26.2 Å². The Morgan fingerprint density at radius 3 is 2.78 bits per heavy atom. The van der Waals surface area contributed by atoms with Crippen LogP contribution in [0.3, 0.4) is 0 Å². The summed E-state index contributed by atoms with van der Waals surface area (Å²) in [7, 11) is -3.50. The molecule has 0 bridgehead atoms. The maximum atomic E-state index is 12.7. The van der Waals surface area contributed by atoms with E-state index < -0.39 is 10.0 Å². The van der Waals surface area contributed by atoms with Crippen LogP contribution < -0.4 is 0 Å². The van der Waals surface area contributed by atoms with E-state index >= 15 is 0 Å². The van der Waals surface area contributed by atoms with Crippen molar-refractivity contribution in [2.45, 2.75) is 19.1 Å². The molecular weight excluding hydrogens is 318 g/mol. The molecule has 3 rings (SSSR count). The average molecular weight is 337 g/mol. The monoisotopic (exact) mass is 337 g/mol. The number of carbonyl (C=O) groups is 1. The zero-order valence-corrected chi connectivity index (χ0v) is 13.8. The van der Waals surface area contributed by atoms with Crippen molar-refractivity contribution in [1.82, 2.24) is 14.4 Å². The van der Waals surface area contributed by atoms with Gasteiger partial charge in [0, 0.05) is 38.5 Å². The third kappa shape index (κ3) is 3.37. The van der Waals surface area contributed by atoms with Gasteiger partial charge in [-0.25, -0.2) is 8.42 Å². The summed E-state index contributed by atoms with van der Waals surface area (Å²) < 4.78 is 31.9. The summed E-state index contributed by atoms with van der Waals surface area (Å²) in [4.78, 5) is 13.1. The number of para-hydroxylation sites is 1. The first-order valence-corrected chi connectivity index (χ1v) is 9.15. The van der Waals surface area contributed by atoms with Gasteiger partial charge in [-0.15, -0.1) is 0 Å². The van der Waals surface area contributed by atoms with E-state index in [0.717, 1.165) is 5.39 Å². The predicted molar refractivity (Wildman–Crippen MR) is 85.1 cm³/mol. The molecule has 23 heavy (non-hydrogen) atoms. The number of amides is 1. The van der Waals surface area contributed by atoms with Crippen LogP contribution in [0.25, 0.3) is 11.0 Å². The second kappa shape index (κ2) is 6.29. The molecule has 2 aromatic rings. The Labute approximate surface area is 134 Å². The van der Waals surface area contributed by atoms with Gasteiger partial charge >= 0.3 is 0 Å². The molecule has 1 amide bonds. The van der Waals surface area contributed by atoms with Crippen LogP contribution >= 0.6 is 0 Å². The van der Waals surface area contributed by atoms with Crippen LogP contribution in [0.2, 0.25) is 0 Å². The normalized spacial score (nSPS) is 17.3. The fourth-order valence-corrected chi connectivity index (χ4v) is 4.30. The lowest BCUT2D eigenvalue weighted by Crippen LogP contribution is -2.37. The van der Waals surface area contributed by atoms with Crippen molar-refractivity contribution in [1.29, 1.82) is 0 Å². The van der Waals surface area contributed by atoms with E-state index in [4.69, 9.17) is 4.52 Å². The number of rotatable bonds is 3. The number of fused-ring (bicyclic) bond motifs is 1. The highest BCUT2D eigenvalue weighted by Gasteiger charge is 2.27. The van der Waals surface area contributed by atoms with Crippen LogP contribution in [-0.4, -0.2) is 54.9 Å². The Morgan fingerprint density at radius 1 is 1.22 bits per heavy atom. The zero-order chi connectivity index (χ0) is 16.4. The quantitative estimate of drug-likeness (QED) is 0.841. The van der Waals surface area contributed by atoms with E-state index in [1.807, 2.05) is 12.1 Å². The molecule has 124 valence electrons. The minimum Gasteiger partial charge on any atom is -0.356 e. The van der Waals surface area contributed by atoms with Crippen LogP contribution in [0.1, 0.15) is 19.0 Å². The highest BCUT2D eigenvalue weighted by atomic mass is 32.2. The van der Waals surface area contributed by atoms with E-state index in [1.54, 1.807) is 17.0 Å². The molecule has 0 saturated carbocycles. The summed E-state index contributed by atoms with van der Waals surface area (Å²) in [6, 6.07) is 7.20. The van der Waals surface area contributed by atoms with Crippen molar-refractivity contribution >= 4 is 26.9 Å². The first kappa shape index (κ1) is 15.9. The predicted octanol–water partition coefficient (Wildman–Crippen LogP) is 1.21. The number of sulfonamides is 1. The molecule has 0 spiro atoms. The topological polar surface area (TPSA) is 83.7 Å². The summed E-state index contributed by atoms with van der Waals surface area (Å²) >= 11 is 0. The minimum atomic E-state index is -3.50. The first-order chi connectivity index (χ1) is 11.0. The van der Waals surface area contributed by atoms with Gasteiger partial charge in [-0.05, 0) is 18.6 Å². The van der Waals surface area contributed by atoms with Gasteiger partial charge in [0.2, 0.25) is 15.9 Å². The van der Waals surface area contributed by atoms with Gasteiger partial charge in [0.15, 0.2) is 5.58 Å². The Kier molecular flexibility index (Phi) is 4.36. The summed E-state index contributed by atoms with van der Waals surface area (Å²) in [6.07, 6.45) is 0.637. The molecule has 1 fully saturated rings. The van der Waals surface area contributed by atoms with Crippen LogP contribution in [0, 0.1) is 0 Å². The molecule has 0 atom stereocenters. The Hall–Kier alpha value is -1.93. The molecule has 2 heterocycles. The molecule has 1 saturated heterocycles. The maximum absolute atomic E-state index is 12.7. The average Bonchev–Trinajstić information content (AvgIpc) is 2.74. The molecule has 0 N–H and O–H groups in total. The maximum Gasteiger partial charge on any atom is 0.220 e. The summed E-state index contributed by atoms with van der Waals surface area (Å²) in [5.74, 6) is -0.212. The van der Waals surface area contributed by atoms with Crippen LogP contribution in [0.15, 0.2) is 28.8 Å². The van der Waals surface area contributed by atoms with E-state index in [2.05, 4.69) is 5.16 Å². The van der Waals surface area contributed by atoms with Gasteiger partial charge in [0.1, 0.15) is 11.4 Å². The zero-order valence-electron chi connectivity index (χ0n) is 12.9. The van der Waals surface area contributed by atoms with Crippen LogP contribution in [-0.2, 0) is 20.6 Å². The molecule has 1 aliphatic heterocycles. The lowest BCUT2D eigenvalue weighted by molar-refractivity contribution is -0.128. The van der Waals surface area contributed by atoms with E-state index in [9.17, 15) is 13.2 Å². The van der Waals surface area contributed by atoms with Gasteiger partial charge < -0.3 is 9.42 Å². The number of aromatic nitrogens is 1. The fraction of sp³-hybridized carbons (Fsp3) is 0.467. The molecule has 1 aromatic heterocycles. The summed E-state index contributed by atoms with van der Waals surface area (Å²) in [6.45, 7) is 3.26.